The van der Waals surface area contributed by atoms with Gasteiger partial charge in [0, 0.05) is 12.6 Å². The van der Waals surface area contributed by atoms with Crippen LogP contribution in [0, 0.1) is 0 Å². The van der Waals surface area contributed by atoms with Crippen LogP contribution in [0.5, 0.6) is 0 Å². The molecule has 0 aliphatic rings. The molecule has 0 unspecified atom stereocenters. The van der Waals surface area contributed by atoms with Crippen LogP contribution in [0.25, 0.3) is 0 Å². The summed E-state index contributed by atoms with van der Waals surface area (Å²) in [7, 11) is 0. The number of carbonyl (C=O) groups is 2. The molecule has 2 aromatic carbocycles. The van der Waals surface area contributed by atoms with E-state index < -0.39 is 5.91 Å². The molecule has 1 N–H and O–H groups in total. The Hall–Kier alpha value is -2.04. The van der Waals surface area contributed by atoms with Gasteiger partial charge in [0.15, 0.2) is 0 Å². The number of carbonyl (C=O) groups excluding carboxylic acids is 2. The van der Waals surface area contributed by atoms with Gasteiger partial charge in [-0.1, -0.05) is 59.6 Å². The molecule has 132 valence electrons. The van der Waals surface area contributed by atoms with Gasteiger partial charge < -0.3 is 10.2 Å². The van der Waals surface area contributed by atoms with Crippen molar-refractivity contribution in [3.05, 3.63) is 64.1 Å². The van der Waals surface area contributed by atoms with Gasteiger partial charge in [-0.05, 0) is 31.5 Å². The van der Waals surface area contributed by atoms with Gasteiger partial charge in [0.1, 0.15) is 6.42 Å². The highest BCUT2D eigenvalue weighted by Crippen LogP contribution is 2.29. The van der Waals surface area contributed by atoms with E-state index >= 15 is 0 Å². The van der Waals surface area contributed by atoms with E-state index in [1.807, 2.05) is 44.2 Å². The van der Waals surface area contributed by atoms with Gasteiger partial charge in [-0.15, -0.1) is 0 Å². The molecule has 0 aromatic heterocycles. The Bertz CT molecular complexity index is 728. The number of nitrogens with one attached hydrogen (secondary N) is 1. The van der Waals surface area contributed by atoms with Gasteiger partial charge in [-0.2, -0.15) is 0 Å². The molecule has 0 spiro atoms. The first-order chi connectivity index (χ1) is 11.9. The Morgan fingerprint density at radius 1 is 1.00 bits per heavy atom. The molecule has 0 fully saturated rings. The molecular formula is C19H20Cl2N2O2. The molecule has 2 rings (SSSR count). The monoisotopic (exact) mass is 378 g/mol. The summed E-state index contributed by atoms with van der Waals surface area (Å²) in [5.74, 6) is -0.696. The molecule has 2 amide bonds. The van der Waals surface area contributed by atoms with Crippen LogP contribution in [0.1, 0.15) is 25.8 Å². The summed E-state index contributed by atoms with van der Waals surface area (Å²) in [5.41, 5.74) is 1.34. The highest BCUT2D eigenvalue weighted by atomic mass is 35.5. The zero-order valence-corrected chi connectivity index (χ0v) is 15.6. The van der Waals surface area contributed by atoms with E-state index in [0.717, 1.165) is 5.56 Å². The molecule has 4 nitrogen and oxygen atoms in total. The molecule has 0 radical (unpaired) electrons. The van der Waals surface area contributed by atoms with Crippen molar-refractivity contribution in [1.29, 1.82) is 0 Å². The maximum atomic E-state index is 12.6. The SMILES string of the molecule is CC(C)N(Cc1ccccc1)C(=O)CC(=O)Nc1c(Cl)cccc1Cl. The van der Waals surface area contributed by atoms with Crippen molar-refractivity contribution >= 4 is 40.7 Å². The maximum Gasteiger partial charge on any atom is 0.233 e. The Morgan fingerprint density at radius 2 is 1.60 bits per heavy atom. The third-order valence-electron chi connectivity index (χ3n) is 3.68. The molecular weight excluding hydrogens is 359 g/mol. The molecule has 25 heavy (non-hydrogen) atoms. The van der Waals surface area contributed by atoms with Gasteiger partial charge in [0.25, 0.3) is 0 Å². The second kappa shape index (κ2) is 8.88. The molecule has 0 saturated heterocycles. The lowest BCUT2D eigenvalue weighted by molar-refractivity contribution is -0.136. The zero-order chi connectivity index (χ0) is 18.4. The molecule has 0 saturated carbocycles. The molecule has 0 bridgehead atoms. The van der Waals surface area contributed by atoms with Crippen molar-refractivity contribution in [1.82, 2.24) is 4.90 Å². The molecule has 0 aliphatic heterocycles. The van der Waals surface area contributed by atoms with Crippen LogP contribution in [0.15, 0.2) is 48.5 Å². The number of hydrogen-bond acceptors (Lipinski definition) is 2. The standard InChI is InChI=1S/C19H20Cl2N2O2/c1-13(2)23(12-14-7-4-3-5-8-14)18(25)11-17(24)22-19-15(20)9-6-10-16(19)21/h3-10,13H,11-12H2,1-2H3,(H,22,24). The lowest BCUT2D eigenvalue weighted by Gasteiger charge is -2.27. The summed E-state index contributed by atoms with van der Waals surface area (Å²) < 4.78 is 0. The lowest BCUT2D eigenvalue weighted by atomic mass is 10.1. The average molecular weight is 379 g/mol. The topological polar surface area (TPSA) is 49.4 Å². The van der Waals surface area contributed by atoms with Gasteiger partial charge in [-0.25, -0.2) is 0 Å². The quantitative estimate of drug-likeness (QED) is 0.736. The lowest BCUT2D eigenvalue weighted by Crippen LogP contribution is -2.38. The van der Waals surface area contributed by atoms with E-state index in [-0.39, 0.29) is 18.4 Å². The van der Waals surface area contributed by atoms with Crippen LogP contribution in [0.3, 0.4) is 0 Å². The number of rotatable bonds is 6. The fourth-order valence-electron chi connectivity index (χ4n) is 2.38. The number of amides is 2. The van der Waals surface area contributed by atoms with Crippen LogP contribution >= 0.6 is 23.2 Å². The molecule has 2 aromatic rings. The van der Waals surface area contributed by atoms with E-state index in [4.69, 9.17) is 23.2 Å². The summed E-state index contributed by atoms with van der Waals surface area (Å²) in [6.45, 7) is 4.30. The number of anilines is 1. The van der Waals surface area contributed by atoms with Crippen molar-refractivity contribution in [2.24, 2.45) is 0 Å². The predicted octanol–water partition coefficient (Wildman–Crippen LogP) is 4.76. The zero-order valence-electron chi connectivity index (χ0n) is 14.1. The van der Waals surface area contributed by atoms with Crippen molar-refractivity contribution in [2.75, 3.05) is 5.32 Å². The highest BCUT2D eigenvalue weighted by molar-refractivity contribution is 6.39. The van der Waals surface area contributed by atoms with Crippen LogP contribution < -0.4 is 5.32 Å². The normalized spacial score (nSPS) is 10.6. The van der Waals surface area contributed by atoms with Crippen molar-refractivity contribution in [2.45, 2.75) is 32.9 Å². The second-order valence-corrected chi connectivity index (χ2v) is 6.74. The van der Waals surface area contributed by atoms with Crippen molar-refractivity contribution < 1.29 is 9.59 Å². The van der Waals surface area contributed by atoms with Gasteiger partial charge in [0.2, 0.25) is 11.8 Å². The first kappa shape index (κ1) is 19.3. The Kier molecular flexibility index (Phi) is 6.85. The Labute approximate surface area is 157 Å². The third-order valence-corrected chi connectivity index (χ3v) is 4.31. The minimum absolute atomic E-state index is 0.0237. The fourth-order valence-corrected chi connectivity index (χ4v) is 2.87. The Balaban J connectivity index is 2.04. The van der Waals surface area contributed by atoms with E-state index in [1.165, 1.54) is 0 Å². The van der Waals surface area contributed by atoms with Gasteiger partial charge in [-0.3, -0.25) is 9.59 Å². The molecule has 0 heterocycles. The molecule has 0 atom stereocenters. The minimum atomic E-state index is -0.446. The number of nitrogens with zero attached hydrogens (tertiary/aromatic N) is 1. The van der Waals surface area contributed by atoms with Crippen molar-refractivity contribution in [3.63, 3.8) is 0 Å². The summed E-state index contributed by atoms with van der Waals surface area (Å²) in [6, 6.07) is 14.6. The summed E-state index contributed by atoms with van der Waals surface area (Å²) >= 11 is 12.1. The van der Waals surface area contributed by atoms with E-state index in [1.54, 1.807) is 23.1 Å². The largest absolute Gasteiger partial charge is 0.336 e. The van der Waals surface area contributed by atoms with Crippen molar-refractivity contribution in [3.8, 4) is 0 Å². The Morgan fingerprint density at radius 3 is 2.16 bits per heavy atom. The van der Waals surface area contributed by atoms with Crippen LogP contribution in [0.2, 0.25) is 10.0 Å². The maximum absolute atomic E-state index is 12.6. The van der Waals surface area contributed by atoms with E-state index in [0.29, 0.717) is 22.3 Å². The number of halogens is 2. The first-order valence-corrected chi connectivity index (χ1v) is 8.71. The van der Waals surface area contributed by atoms with Gasteiger partial charge >= 0.3 is 0 Å². The molecule has 0 aliphatic carbocycles. The van der Waals surface area contributed by atoms with Crippen LogP contribution in [-0.4, -0.2) is 22.8 Å². The second-order valence-electron chi connectivity index (χ2n) is 5.92. The first-order valence-electron chi connectivity index (χ1n) is 7.95. The predicted molar refractivity (Wildman–Crippen MR) is 102 cm³/mol. The smallest absolute Gasteiger partial charge is 0.233 e. The van der Waals surface area contributed by atoms with Gasteiger partial charge in [0.05, 0.1) is 15.7 Å². The number of hydrogen-bond donors (Lipinski definition) is 1. The van der Waals surface area contributed by atoms with Crippen LogP contribution in [0.4, 0.5) is 5.69 Å². The highest BCUT2D eigenvalue weighted by Gasteiger charge is 2.21. The minimum Gasteiger partial charge on any atom is -0.336 e. The van der Waals surface area contributed by atoms with E-state index in [9.17, 15) is 9.59 Å². The summed E-state index contributed by atoms with van der Waals surface area (Å²) in [4.78, 5) is 26.5. The summed E-state index contributed by atoms with van der Waals surface area (Å²) in [5, 5.41) is 3.28. The fraction of sp³-hybridized carbons (Fsp3) is 0.263. The average Bonchev–Trinajstić information content (AvgIpc) is 2.56. The number of benzene rings is 2. The number of para-hydroxylation sites is 1. The third kappa shape index (κ3) is 5.48. The summed E-state index contributed by atoms with van der Waals surface area (Å²) in [6.07, 6.45) is -0.271. The van der Waals surface area contributed by atoms with Crippen LogP contribution in [-0.2, 0) is 16.1 Å². The van der Waals surface area contributed by atoms with E-state index in [2.05, 4.69) is 5.32 Å². The molecule has 6 heteroatoms.